The first-order valence-corrected chi connectivity index (χ1v) is 8.57. The maximum absolute atomic E-state index is 11.0. The second-order valence-electron chi connectivity index (χ2n) is 5.54. The molecule has 27 heavy (non-hydrogen) atoms. The number of aromatic carboxylic acids is 1. The van der Waals surface area contributed by atoms with Gasteiger partial charge in [0, 0.05) is 24.8 Å². The van der Waals surface area contributed by atoms with Crippen molar-refractivity contribution in [3.63, 3.8) is 0 Å². The molecule has 0 radical (unpaired) electrons. The molecule has 0 saturated carbocycles. The van der Waals surface area contributed by atoms with Crippen molar-refractivity contribution in [3.05, 3.63) is 40.6 Å². The first-order chi connectivity index (χ1) is 12.8. The fraction of sp³-hybridized carbons (Fsp3) is 0.421. The van der Waals surface area contributed by atoms with Crippen LogP contribution < -0.4 is 16.2 Å². The van der Waals surface area contributed by atoms with Crippen LogP contribution in [-0.2, 0) is 6.42 Å². The van der Waals surface area contributed by atoms with Gasteiger partial charge in [0.05, 0.1) is 12.7 Å². The topological polar surface area (TPSA) is 145 Å². The van der Waals surface area contributed by atoms with E-state index in [0.29, 0.717) is 23.7 Å². The molecule has 2 rings (SSSR count). The lowest BCUT2D eigenvalue weighted by Gasteiger charge is -2.12. The SMILES string of the molecule is CCCC.CO.COc1cc(C(=O)O)ccc1Cc1c(C)nc(N)nc1N. The number of nitrogens with zero attached hydrogens (tertiary/aromatic N) is 2. The number of anilines is 2. The fourth-order valence-corrected chi connectivity index (χ4v) is 2.07. The number of unbranched alkanes of at least 4 members (excludes halogenated alkanes) is 1. The van der Waals surface area contributed by atoms with Gasteiger partial charge < -0.3 is 26.4 Å². The Kier molecular flexibility index (Phi) is 11.2. The first kappa shape index (κ1) is 24.1. The summed E-state index contributed by atoms with van der Waals surface area (Å²) in [4.78, 5) is 19.0. The van der Waals surface area contributed by atoms with Gasteiger partial charge in [0.2, 0.25) is 5.95 Å². The van der Waals surface area contributed by atoms with Crippen molar-refractivity contribution in [1.29, 1.82) is 0 Å². The maximum Gasteiger partial charge on any atom is 0.335 e. The van der Waals surface area contributed by atoms with Crippen LogP contribution in [0.4, 0.5) is 11.8 Å². The number of aliphatic hydroxyl groups is 1. The standard InChI is InChI=1S/C14H16N4O3.C4H10.CH4O/c1-7-10(12(15)18-14(16)17-7)5-8-3-4-9(13(19)20)6-11(8)21-2;1-3-4-2;1-2/h3-4,6H,5H2,1-2H3,(H,19,20)(H4,15,16,17,18);3-4H2,1-2H3;2H,1H3. The van der Waals surface area contributed by atoms with Crippen LogP contribution >= 0.6 is 0 Å². The Morgan fingerprint density at radius 2 is 1.74 bits per heavy atom. The maximum atomic E-state index is 11.0. The van der Waals surface area contributed by atoms with Crippen LogP contribution in [0.5, 0.6) is 5.75 Å². The summed E-state index contributed by atoms with van der Waals surface area (Å²) >= 11 is 0. The Balaban J connectivity index is 0.000000998. The number of aliphatic hydroxyl groups excluding tert-OH is 1. The summed E-state index contributed by atoms with van der Waals surface area (Å²) in [6.07, 6.45) is 3.07. The Morgan fingerprint density at radius 1 is 1.15 bits per heavy atom. The minimum atomic E-state index is -1.01. The quantitative estimate of drug-likeness (QED) is 0.621. The molecule has 8 heteroatoms. The highest BCUT2D eigenvalue weighted by atomic mass is 16.5. The number of aryl methyl sites for hydroxylation is 1. The van der Waals surface area contributed by atoms with E-state index >= 15 is 0 Å². The zero-order chi connectivity index (χ0) is 21.0. The molecule has 0 spiro atoms. The molecular formula is C19H30N4O4. The number of ether oxygens (including phenoxy) is 1. The van der Waals surface area contributed by atoms with Crippen molar-refractivity contribution >= 4 is 17.7 Å². The van der Waals surface area contributed by atoms with E-state index in [0.717, 1.165) is 18.2 Å². The third-order valence-corrected chi connectivity index (χ3v) is 3.66. The van der Waals surface area contributed by atoms with Crippen LogP contribution in [0.15, 0.2) is 18.2 Å². The van der Waals surface area contributed by atoms with E-state index in [9.17, 15) is 4.79 Å². The second-order valence-corrected chi connectivity index (χ2v) is 5.54. The number of methoxy groups -OCH3 is 1. The summed E-state index contributed by atoms with van der Waals surface area (Å²) in [5.74, 6) is -0.0943. The van der Waals surface area contributed by atoms with Crippen molar-refractivity contribution in [3.8, 4) is 5.75 Å². The van der Waals surface area contributed by atoms with Gasteiger partial charge in [0.1, 0.15) is 11.6 Å². The lowest BCUT2D eigenvalue weighted by molar-refractivity contribution is 0.0696. The molecule has 150 valence electrons. The van der Waals surface area contributed by atoms with E-state index in [4.69, 9.17) is 26.4 Å². The number of nitrogens with two attached hydrogens (primary N) is 2. The number of hydrogen-bond donors (Lipinski definition) is 4. The molecule has 0 saturated heterocycles. The number of carbonyl (C=O) groups is 1. The molecule has 1 heterocycles. The Morgan fingerprint density at radius 3 is 2.19 bits per heavy atom. The van der Waals surface area contributed by atoms with E-state index in [-0.39, 0.29) is 11.5 Å². The summed E-state index contributed by atoms with van der Waals surface area (Å²) in [5.41, 5.74) is 13.8. The van der Waals surface area contributed by atoms with Crippen molar-refractivity contribution in [2.75, 3.05) is 25.7 Å². The zero-order valence-corrected chi connectivity index (χ0v) is 16.6. The molecule has 0 atom stereocenters. The predicted molar refractivity (Wildman–Crippen MR) is 107 cm³/mol. The molecule has 1 aromatic heterocycles. The molecule has 6 N–H and O–H groups in total. The molecule has 0 aliphatic carbocycles. The average Bonchev–Trinajstić information content (AvgIpc) is 2.66. The number of benzene rings is 1. The normalized spacial score (nSPS) is 9.41. The summed E-state index contributed by atoms with van der Waals surface area (Å²) < 4.78 is 5.24. The van der Waals surface area contributed by atoms with Crippen LogP contribution in [0.1, 0.15) is 53.9 Å². The van der Waals surface area contributed by atoms with E-state index in [1.54, 1.807) is 13.0 Å². The van der Waals surface area contributed by atoms with Crippen LogP contribution in [-0.4, -0.2) is 40.4 Å². The van der Waals surface area contributed by atoms with Gasteiger partial charge in [-0.15, -0.1) is 0 Å². The van der Waals surface area contributed by atoms with Gasteiger partial charge in [-0.3, -0.25) is 0 Å². The van der Waals surface area contributed by atoms with Crippen molar-refractivity contribution in [2.24, 2.45) is 0 Å². The van der Waals surface area contributed by atoms with Gasteiger partial charge in [0.15, 0.2) is 0 Å². The van der Waals surface area contributed by atoms with Gasteiger partial charge in [-0.25, -0.2) is 9.78 Å². The number of aromatic nitrogens is 2. The summed E-state index contributed by atoms with van der Waals surface area (Å²) in [5, 5.41) is 16.0. The van der Waals surface area contributed by atoms with Crippen LogP contribution in [0.3, 0.4) is 0 Å². The average molecular weight is 378 g/mol. The van der Waals surface area contributed by atoms with Crippen LogP contribution in [0.2, 0.25) is 0 Å². The molecule has 0 aliphatic heterocycles. The number of nitrogen functional groups attached to an aromatic ring is 2. The third kappa shape index (κ3) is 7.49. The summed E-state index contributed by atoms with van der Waals surface area (Å²) in [7, 11) is 2.49. The molecule has 0 fully saturated rings. The number of carboxylic acids is 1. The highest BCUT2D eigenvalue weighted by Gasteiger charge is 2.14. The Labute approximate surface area is 160 Å². The predicted octanol–water partition coefficient (Wildman–Crippen LogP) is 2.66. The Bertz CT molecular complexity index is 711. The summed E-state index contributed by atoms with van der Waals surface area (Å²) in [6.45, 7) is 6.15. The molecule has 8 nitrogen and oxygen atoms in total. The largest absolute Gasteiger partial charge is 0.496 e. The van der Waals surface area contributed by atoms with Gasteiger partial charge >= 0.3 is 5.97 Å². The van der Waals surface area contributed by atoms with Crippen molar-refractivity contribution in [1.82, 2.24) is 9.97 Å². The minimum Gasteiger partial charge on any atom is -0.496 e. The molecule has 1 aromatic carbocycles. The van der Waals surface area contributed by atoms with Crippen molar-refractivity contribution < 1.29 is 19.7 Å². The van der Waals surface area contributed by atoms with Gasteiger partial charge in [-0.2, -0.15) is 4.98 Å². The highest BCUT2D eigenvalue weighted by molar-refractivity contribution is 5.88. The lowest BCUT2D eigenvalue weighted by Crippen LogP contribution is -2.08. The minimum absolute atomic E-state index is 0.127. The smallest absolute Gasteiger partial charge is 0.335 e. The number of carboxylic acid groups (broad SMARTS) is 1. The molecule has 0 aliphatic rings. The zero-order valence-electron chi connectivity index (χ0n) is 16.6. The fourth-order valence-electron chi connectivity index (χ4n) is 2.07. The third-order valence-electron chi connectivity index (χ3n) is 3.66. The van der Waals surface area contributed by atoms with Crippen molar-refractivity contribution in [2.45, 2.75) is 40.0 Å². The number of hydrogen-bond acceptors (Lipinski definition) is 7. The number of rotatable bonds is 5. The Hall–Kier alpha value is -2.87. The highest BCUT2D eigenvalue weighted by Crippen LogP contribution is 2.26. The van der Waals surface area contributed by atoms with Crippen LogP contribution in [0, 0.1) is 6.92 Å². The first-order valence-electron chi connectivity index (χ1n) is 8.57. The van der Waals surface area contributed by atoms with E-state index in [2.05, 4.69) is 23.8 Å². The monoisotopic (exact) mass is 378 g/mol. The second kappa shape index (κ2) is 12.5. The molecule has 2 aromatic rings. The van der Waals surface area contributed by atoms with Crippen LogP contribution in [0.25, 0.3) is 0 Å². The molecule has 0 unspecified atom stereocenters. The van der Waals surface area contributed by atoms with E-state index < -0.39 is 5.97 Å². The van der Waals surface area contributed by atoms with E-state index in [1.165, 1.54) is 32.1 Å². The lowest BCUT2D eigenvalue weighted by atomic mass is 10.0. The van der Waals surface area contributed by atoms with E-state index in [1.807, 2.05) is 0 Å². The van der Waals surface area contributed by atoms with Gasteiger partial charge in [-0.05, 0) is 24.6 Å². The summed E-state index contributed by atoms with van der Waals surface area (Å²) in [6, 6.07) is 4.68. The van der Waals surface area contributed by atoms with Gasteiger partial charge in [-0.1, -0.05) is 32.8 Å². The molecular weight excluding hydrogens is 348 g/mol. The van der Waals surface area contributed by atoms with Gasteiger partial charge in [0.25, 0.3) is 0 Å². The molecule has 0 amide bonds. The molecule has 0 bridgehead atoms.